The molecule has 0 atom stereocenters. The van der Waals surface area contributed by atoms with Crippen molar-refractivity contribution in [1.29, 1.82) is 0 Å². The summed E-state index contributed by atoms with van der Waals surface area (Å²) in [6, 6.07) is 21.3. The second kappa shape index (κ2) is 9.59. The Morgan fingerprint density at radius 1 is 1.03 bits per heavy atom. The van der Waals surface area contributed by atoms with E-state index in [1.54, 1.807) is 19.2 Å². The molecule has 0 fully saturated rings. The van der Waals surface area contributed by atoms with Crippen LogP contribution in [0.3, 0.4) is 0 Å². The molecule has 5 nitrogen and oxygen atoms in total. The number of nitrogens with one attached hydrogen (secondary N) is 1. The average Bonchev–Trinajstić information content (AvgIpc) is 2.74. The van der Waals surface area contributed by atoms with Crippen LogP contribution in [0, 0.1) is 5.82 Å². The Bertz CT molecular complexity index is 963. The number of methoxy groups -OCH3 is 1. The molecular formula is C23H23FN2O3. The molecule has 0 spiro atoms. The molecule has 0 bridgehead atoms. The Balaban J connectivity index is 1.63. The lowest BCUT2D eigenvalue weighted by molar-refractivity contribution is 0.220. The van der Waals surface area contributed by atoms with Gasteiger partial charge in [-0.3, -0.25) is 0 Å². The normalized spacial score (nSPS) is 10.3. The van der Waals surface area contributed by atoms with Crippen LogP contribution in [-0.4, -0.2) is 25.1 Å². The number of hydrogen-bond acceptors (Lipinski definition) is 3. The number of ether oxygens (including phenoxy) is 2. The number of carbonyl (C=O) groups excluding carboxylic acids is 1. The van der Waals surface area contributed by atoms with Crippen molar-refractivity contribution < 1.29 is 18.7 Å². The van der Waals surface area contributed by atoms with Crippen molar-refractivity contribution in [2.24, 2.45) is 0 Å². The van der Waals surface area contributed by atoms with Gasteiger partial charge >= 0.3 is 6.03 Å². The van der Waals surface area contributed by atoms with Crippen LogP contribution in [0.4, 0.5) is 14.9 Å². The van der Waals surface area contributed by atoms with Gasteiger partial charge in [-0.15, -0.1) is 0 Å². The minimum absolute atomic E-state index is 0.174. The lowest BCUT2D eigenvalue weighted by Crippen LogP contribution is -2.31. The summed E-state index contributed by atoms with van der Waals surface area (Å²) in [5.74, 6) is 0.475. The van der Waals surface area contributed by atoms with Gasteiger partial charge < -0.3 is 19.7 Å². The van der Waals surface area contributed by atoms with Crippen molar-refractivity contribution in [2.45, 2.75) is 13.2 Å². The Labute approximate surface area is 169 Å². The molecule has 0 aliphatic heterocycles. The summed E-state index contributed by atoms with van der Waals surface area (Å²) in [4.78, 5) is 14.1. The number of carbonyl (C=O) groups is 1. The summed E-state index contributed by atoms with van der Waals surface area (Å²) in [5.41, 5.74) is 2.19. The first-order valence-corrected chi connectivity index (χ1v) is 9.17. The molecule has 2 amide bonds. The molecular weight excluding hydrogens is 371 g/mol. The number of halogens is 1. The third-order valence-corrected chi connectivity index (χ3v) is 4.38. The zero-order valence-electron chi connectivity index (χ0n) is 16.4. The number of hydrogen-bond donors (Lipinski definition) is 1. The summed E-state index contributed by atoms with van der Waals surface area (Å²) in [7, 11) is 3.07. The van der Waals surface area contributed by atoms with Crippen molar-refractivity contribution >= 4 is 11.7 Å². The first-order valence-electron chi connectivity index (χ1n) is 9.17. The molecule has 6 heteroatoms. The Morgan fingerprint density at radius 3 is 2.48 bits per heavy atom. The van der Waals surface area contributed by atoms with E-state index in [1.165, 1.54) is 18.1 Å². The smallest absolute Gasteiger partial charge is 0.321 e. The molecule has 0 radical (unpaired) electrons. The molecule has 0 aliphatic carbocycles. The Hall–Kier alpha value is -3.54. The minimum atomic E-state index is -0.456. The van der Waals surface area contributed by atoms with Gasteiger partial charge in [0.2, 0.25) is 0 Å². The van der Waals surface area contributed by atoms with Crippen LogP contribution in [-0.2, 0) is 13.2 Å². The van der Waals surface area contributed by atoms with E-state index in [4.69, 9.17) is 9.47 Å². The van der Waals surface area contributed by atoms with Gasteiger partial charge in [-0.1, -0.05) is 42.5 Å². The predicted molar refractivity (Wildman–Crippen MR) is 111 cm³/mol. The van der Waals surface area contributed by atoms with E-state index in [-0.39, 0.29) is 18.3 Å². The van der Waals surface area contributed by atoms with E-state index in [0.717, 1.165) is 11.3 Å². The molecule has 0 unspecified atom stereocenters. The Kier molecular flexibility index (Phi) is 6.68. The SMILES string of the molecule is COc1ccc(CN(C)C(=O)Nc2ccccc2COc2ccccc2)cc1F. The van der Waals surface area contributed by atoms with Crippen LogP contribution >= 0.6 is 0 Å². The van der Waals surface area contributed by atoms with Crippen LogP contribution in [0.5, 0.6) is 11.5 Å². The highest BCUT2D eigenvalue weighted by molar-refractivity contribution is 5.90. The van der Waals surface area contributed by atoms with Crippen molar-refractivity contribution in [2.75, 3.05) is 19.5 Å². The predicted octanol–water partition coefficient (Wildman–Crippen LogP) is 5.08. The molecule has 3 aromatic carbocycles. The highest BCUT2D eigenvalue weighted by Crippen LogP contribution is 2.21. The number of rotatable bonds is 7. The summed E-state index contributed by atoms with van der Waals surface area (Å²) in [6.07, 6.45) is 0. The summed E-state index contributed by atoms with van der Waals surface area (Å²) >= 11 is 0. The fourth-order valence-electron chi connectivity index (χ4n) is 2.81. The number of nitrogens with zero attached hydrogens (tertiary/aromatic N) is 1. The van der Waals surface area contributed by atoms with Crippen LogP contribution in [0.25, 0.3) is 0 Å². The maximum Gasteiger partial charge on any atom is 0.321 e. The molecule has 1 N–H and O–H groups in total. The largest absolute Gasteiger partial charge is 0.494 e. The third-order valence-electron chi connectivity index (χ3n) is 4.38. The van der Waals surface area contributed by atoms with Gasteiger partial charge in [-0.2, -0.15) is 0 Å². The standard InChI is InChI=1S/C23H23FN2O3/c1-26(15-17-12-13-22(28-2)20(24)14-17)23(27)25-21-11-7-6-8-18(21)16-29-19-9-4-3-5-10-19/h3-14H,15-16H2,1-2H3,(H,25,27). The lowest BCUT2D eigenvalue weighted by Gasteiger charge is -2.20. The van der Waals surface area contributed by atoms with Crippen LogP contribution in [0.2, 0.25) is 0 Å². The van der Waals surface area contributed by atoms with E-state index in [2.05, 4.69) is 5.32 Å². The molecule has 3 aromatic rings. The lowest BCUT2D eigenvalue weighted by atomic mass is 10.2. The average molecular weight is 394 g/mol. The number of amides is 2. The Morgan fingerprint density at radius 2 is 1.76 bits per heavy atom. The quantitative estimate of drug-likeness (QED) is 0.608. The summed E-state index contributed by atoms with van der Waals surface area (Å²) in [5, 5.41) is 2.89. The highest BCUT2D eigenvalue weighted by Gasteiger charge is 2.13. The van der Waals surface area contributed by atoms with E-state index in [1.807, 2.05) is 54.6 Å². The maximum atomic E-state index is 13.9. The van der Waals surface area contributed by atoms with Crippen molar-refractivity contribution in [3.05, 3.63) is 89.7 Å². The molecule has 0 heterocycles. The summed E-state index contributed by atoms with van der Waals surface area (Å²) < 4.78 is 24.6. The highest BCUT2D eigenvalue weighted by atomic mass is 19.1. The van der Waals surface area contributed by atoms with Crippen LogP contribution in [0.15, 0.2) is 72.8 Å². The van der Waals surface area contributed by atoms with Crippen molar-refractivity contribution in [3.8, 4) is 11.5 Å². The monoisotopic (exact) mass is 394 g/mol. The second-order valence-corrected chi connectivity index (χ2v) is 6.51. The molecule has 0 aliphatic rings. The van der Waals surface area contributed by atoms with Crippen molar-refractivity contribution in [1.82, 2.24) is 4.90 Å². The van der Waals surface area contributed by atoms with Crippen LogP contribution in [0.1, 0.15) is 11.1 Å². The number of urea groups is 1. The fraction of sp³-hybridized carbons (Fsp3) is 0.174. The maximum absolute atomic E-state index is 13.9. The van der Waals surface area contributed by atoms with E-state index in [0.29, 0.717) is 17.9 Å². The molecule has 150 valence electrons. The molecule has 0 aromatic heterocycles. The number of anilines is 1. The zero-order valence-corrected chi connectivity index (χ0v) is 16.4. The molecule has 0 saturated carbocycles. The fourth-order valence-corrected chi connectivity index (χ4v) is 2.81. The van der Waals surface area contributed by atoms with Crippen molar-refractivity contribution in [3.63, 3.8) is 0 Å². The summed E-state index contributed by atoms with van der Waals surface area (Å²) in [6.45, 7) is 0.587. The van der Waals surface area contributed by atoms with Crippen LogP contribution < -0.4 is 14.8 Å². The number of para-hydroxylation sites is 2. The van der Waals surface area contributed by atoms with Gasteiger partial charge in [0.1, 0.15) is 12.4 Å². The van der Waals surface area contributed by atoms with Gasteiger partial charge in [-0.05, 0) is 35.9 Å². The third kappa shape index (κ3) is 5.48. The van der Waals surface area contributed by atoms with Gasteiger partial charge in [0, 0.05) is 24.8 Å². The van der Waals surface area contributed by atoms with Gasteiger partial charge in [-0.25, -0.2) is 9.18 Å². The topological polar surface area (TPSA) is 50.8 Å². The van der Waals surface area contributed by atoms with E-state index >= 15 is 0 Å². The number of benzene rings is 3. The van der Waals surface area contributed by atoms with Gasteiger partial charge in [0.05, 0.1) is 7.11 Å². The van der Waals surface area contributed by atoms with Gasteiger partial charge in [0.25, 0.3) is 0 Å². The van der Waals surface area contributed by atoms with Gasteiger partial charge in [0.15, 0.2) is 11.6 Å². The first-order chi connectivity index (χ1) is 14.1. The molecule has 3 rings (SSSR count). The zero-order chi connectivity index (χ0) is 20.6. The second-order valence-electron chi connectivity index (χ2n) is 6.51. The molecule has 0 saturated heterocycles. The van der Waals surface area contributed by atoms with E-state index in [9.17, 15) is 9.18 Å². The minimum Gasteiger partial charge on any atom is -0.494 e. The molecule has 29 heavy (non-hydrogen) atoms. The first kappa shape index (κ1) is 20.2. The van der Waals surface area contributed by atoms with E-state index < -0.39 is 5.82 Å².